The minimum absolute atomic E-state index is 0.0101. The maximum atomic E-state index is 15.0. The molecule has 1 unspecified atom stereocenters. The van der Waals surface area contributed by atoms with Gasteiger partial charge in [0.15, 0.2) is 5.82 Å². The lowest BCUT2D eigenvalue weighted by Crippen LogP contribution is -2.47. The quantitative estimate of drug-likeness (QED) is 0.547. The minimum atomic E-state index is -0.840. The van der Waals surface area contributed by atoms with Gasteiger partial charge in [-0.25, -0.2) is 23.4 Å². The van der Waals surface area contributed by atoms with Crippen molar-refractivity contribution in [2.75, 3.05) is 39.4 Å². The molecule has 2 aromatic heterocycles. The van der Waals surface area contributed by atoms with Crippen molar-refractivity contribution in [1.29, 1.82) is 0 Å². The van der Waals surface area contributed by atoms with Crippen LogP contribution in [0, 0.1) is 5.82 Å². The number of carbonyl (C=O) groups is 3. The summed E-state index contributed by atoms with van der Waals surface area (Å²) in [5.41, 5.74) is -0.870. The van der Waals surface area contributed by atoms with Gasteiger partial charge < -0.3 is 14.2 Å². The predicted octanol–water partition coefficient (Wildman–Crippen LogP) is 4.67. The van der Waals surface area contributed by atoms with Gasteiger partial charge in [-0.2, -0.15) is 0 Å². The Morgan fingerprint density at radius 2 is 1.69 bits per heavy atom. The number of ether oxygens (including phenoxy) is 3. The van der Waals surface area contributed by atoms with Gasteiger partial charge in [0.05, 0.1) is 30.7 Å². The molecular formula is C28H37FN4O6. The van der Waals surface area contributed by atoms with Gasteiger partial charge in [0.1, 0.15) is 11.2 Å². The normalized spacial score (nSPS) is 18.6. The second-order valence-electron chi connectivity index (χ2n) is 11.8. The van der Waals surface area contributed by atoms with Crippen LogP contribution in [-0.4, -0.2) is 88.0 Å². The number of morpholine rings is 1. The number of carbonyl (C=O) groups excluding carboxylic acids is 3. The first-order valence-corrected chi connectivity index (χ1v) is 13.2. The van der Waals surface area contributed by atoms with Crippen LogP contribution in [0.25, 0.3) is 11.3 Å². The molecule has 2 amide bonds. The van der Waals surface area contributed by atoms with E-state index in [2.05, 4.69) is 9.88 Å². The fourth-order valence-corrected chi connectivity index (χ4v) is 4.79. The van der Waals surface area contributed by atoms with Crippen molar-refractivity contribution in [3.05, 3.63) is 41.6 Å². The number of halogens is 1. The van der Waals surface area contributed by atoms with Crippen molar-refractivity contribution >= 4 is 18.1 Å². The molecule has 0 bridgehead atoms. The number of hydrogen-bond donors (Lipinski definition) is 0. The fraction of sp³-hybridized carbons (Fsp3) is 0.571. The van der Waals surface area contributed by atoms with Crippen LogP contribution in [0.1, 0.15) is 69.9 Å². The van der Waals surface area contributed by atoms with E-state index in [0.717, 1.165) is 24.2 Å². The van der Waals surface area contributed by atoms with Crippen LogP contribution in [0.5, 0.6) is 0 Å². The zero-order valence-electron chi connectivity index (χ0n) is 23.5. The highest BCUT2D eigenvalue weighted by atomic mass is 19.1. The smallest absolute Gasteiger partial charge is 0.419 e. The second-order valence-corrected chi connectivity index (χ2v) is 11.8. The Balaban J connectivity index is 1.84. The number of rotatable bonds is 4. The number of fused-ring (bicyclic) bond motifs is 1. The molecule has 0 spiro atoms. The highest BCUT2D eigenvalue weighted by Crippen LogP contribution is 2.38. The molecule has 2 aliphatic heterocycles. The van der Waals surface area contributed by atoms with Crippen LogP contribution in [0.4, 0.5) is 14.0 Å². The van der Waals surface area contributed by atoms with Crippen LogP contribution in [0.15, 0.2) is 24.5 Å². The molecule has 11 heteroatoms. The number of imide groups is 1. The van der Waals surface area contributed by atoms with Crippen LogP contribution in [-0.2, 0) is 14.2 Å². The van der Waals surface area contributed by atoms with E-state index in [1.54, 1.807) is 41.5 Å². The Morgan fingerprint density at radius 1 is 1.05 bits per heavy atom. The van der Waals surface area contributed by atoms with Crippen molar-refractivity contribution in [3.8, 4) is 11.3 Å². The van der Waals surface area contributed by atoms with Gasteiger partial charge in [-0.15, -0.1) is 0 Å². The third-order valence-electron chi connectivity index (χ3n) is 6.44. The van der Waals surface area contributed by atoms with Crippen molar-refractivity contribution in [1.82, 2.24) is 19.4 Å². The summed E-state index contributed by atoms with van der Waals surface area (Å²) in [6, 6.07) is 2.90. The molecule has 2 aliphatic rings. The molecule has 10 nitrogen and oxygen atoms in total. The summed E-state index contributed by atoms with van der Waals surface area (Å²) in [5.74, 6) is -1.70. The molecule has 2 aromatic rings. The van der Waals surface area contributed by atoms with E-state index in [1.807, 2.05) is 0 Å². The van der Waals surface area contributed by atoms with Gasteiger partial charge in [-0.3, -0.25) is 14.7 Å². The average Bonchev–Trinajstić information content (AvgIpc) is 3.24. The zero-order chi connectivity index (χ0) is 28.5. The van der Waals surface area contributed by atoms with Crippen molar-refractivity contribution in [2.45, 2.75) is 65.1 Å². The fourth-order valence-electron chi connectivity index (χ4n) is 4.79. The van der Waals surface area contributed by atoms with Crippen LogP contribution >= 0.6 is 0 Å². The van der Waals surface area contributed by atoms with Crippen LogP contribution in [0.2, 0.25) is 0 Å². The third-order valence-corrected chi connectivity index (χ3v) is 6.44. The zero-order valence-corrected chi connectivity index (χ0v) is 23.5. The number of aromatic nitrogens is 2. The maximum absolute atomic E-state index is 15.0. The van der Waals surface area contributed by atoms with Gasteiger partial charge in [-0.05, 0) is 66.6 Å². The molecular weight excluding hydrogens is 507 g/mol. The molecule has 0 radical (unpaired) electrons. The van der Waals surface area contributed by atoms with Crippen molar-refractivity contribution in [3.63, 3.8) is 0 Å². The van der Waals surface area contributed by atoms with Crippen molar-refractivity contribution in [2.24, 2.45) is 0 Å². The Kier molecular flexibility index (Phi) is 8.13. The first-order chi connectivity index (χ1) is 18.2. The molecule has 1 fully saturated rings. The minimum Gasteiger partial charge on any atom is -0.443 e. The SMILES string of the molecule is CC(C)(C)OC(=O)N1CC(CCN2CCOCC2)c2c(cc(-c3ccncc3F)n2C(=O)OC(C)(C)C)C1=O. The first-order valence-electron chi connectivity index (χ1n) is 13.2. The lowest BCUT2D eigenvalue weighted by atomic mass is 9.92. The van der Waals surface area contributed by atoms with Crippen molar-refractivity contribution < 1.29 is 33.0 Å². The lowest BCUT2D eigenvalue weighted by Gasteiger charge is -2.35. The monoisotopic (exact) mass is 544 g/mol. The van der Waals surface area contributed by atoms with Gasteiger partial charge in [0.25, 0.3) is 5.91 Å². The molecule has 1 atom stereocenters. The van der Waals surface area contributed by atoms with Gasteiger partial charge in [0, 0.05) is 43.0 Å². The topological polar surface area (TPSA) is 103 Å². The van der Waals surface area contributed by atoms with E-state index in [-0.39, 0.29) is 23.4 Å². The summed E-state index contributed by atoms with van der Waals surface area (Å²) in [4.78, 5) is 47.6. The summed E-state index contributed by atoms with van der Waals surface area (Å²) >= 11 is 0. The second kappa shape index (κ2) is 11.1. The van der Waals surface area contributed by atoms with E-state index in [4.69, 9.17) is 14.2 Å². The third kappa shape index (κ3) is 6.65. The molecule has 212 valence electrons. The van der Waals surface area contributed by atoms with E-state index >= 15 is 0 Å². The highest BCUT2D eigenvalue weighted by molar-refractivity contribution is 6.07. The van der Waals surface area contributed by atoms with E-state index in [0.29, 0.717) is 31.9 Å². The standard InChI is InChI=1S/C28H37FN4O6/c1-27(2,3)38-25(35)32-17-18(8-10-31-11-13-37-14-12-31)23-20(24(32)34)15-22(19-7-9-30-16-21(19)29)33(23)26(36)39-28(4,5)6/h7,9,15-16,18H,8,10-14,17H2,1-6H3. The molecule has 0 aromatic carbocycles. The van der Waals surface area contributed by atoms with Gasteiger partial charge in [-0.1, -0.05) is 0 Å². The first kappa shape index (κ1) is 28.7. The van der Waals surface area contributed by atoms with Gasteiger partial charge in [0.2, 0.25) is 0 Å². The largest absolute Gasteiger partial charge is 0.443 e. The Bertz CT molecular complexity index is 1240. The Hall–Kier alpha value is -3.31. The van der Waals surface area contributed by atoms with E-state index in [9.17, 15) is 18.8 Å². The molecule has 0 saturated carbocycles. The van der Waals surface area contributed by atoms with Gasteiger partial charge >= 0.3 is 12.2 Å². The molecule has 0 N–H and O–H groups in total. The number of hydrogen-bond acceptors (Lipinski definition) is 8. The van der Waals surface area contributed by atoms with E-state index in [1.165, 1.54) is 22.9 Å². The van der Waals surface area contributed by atoms with E-state index < -0.39 is 41.0 Å². The van der Waals surface area contributed by atoms with Crippen LogP contribution in [0.3, 0.4) is 0 Å². The lowest BCUT2D eigenvalue weighted by molar-refractivity contribution is 0.0200. The molecule has 39 heavy (non-hydrogen) atoms. The Morgan fingerprint density at radius 3 is 2.31 bits per heavy atom. The maximum Gasteiger partial charge on any atom is 0.419 e. The summed E-state index contributed by atoms with van der Waals surface area (Å²) in [7, 11) is 0. The highest BCUT2D eigenvalue weighted by Gasteiger charge is 2.42. The number of pyridine rings is 1. The van der Waals surface area contributed by atoms with Crippen LogP contribution < -0.4 is 0 Å². The molecule has 1 saturated heterocycles. The molecule has 4 rings (SSSR count). The predicted molar refractivity (Wildman–Crippen MR) is 141 cm³/mol. The summed E-state index contributed by atoms with van der Waals surface area (Å²) in [6.45, 7) is 13.8. The summed E-state index contributed by atoms with van der Waals surface area (Å²) in [6.07, 6.45) is 1.49. The summed E-state index contributed by atoms with van der Waals surface area (Å²) < 4.78 is 33.0. The molecule has 4 heterocycles. The summed E-state index contributed by atoms with van der Waals surface area (Å²) in [5, 5.41) is 0. The number of amides is 2. The average molecular weight is 545 g/mol. The molecule has 0 aliphatic carbocycles. The number of nitrogens with zero attached hydrogens (tertiary/aromatic N) is 4. The Labute approximate surface area is 228 Å².